The highest BCUT2D eigenvalue weighted by atomic mass is 32.2. The number of hydrogen-bond acceptors (Lipinski definition) is 5. The monoisotopic (exact) mass is 365 g/mol. The van der Waals surface area contributed by atoms with Crippen LogP contribution in [0.4, 0.5) is 0 Å². The van der Waals surface area contributed by atoms with E-state index in [9.17, 15) is 14.7 Å². The number of amides is 1. The summed E-state index contributed by atoms with van der Waals surface area (Å²) in [4.78, 5) is 31.0. The lowest BCUT2D eigenvalue weighted by atomic mass is 9.97. The summed E-state index contributed by atoms with van der Waals surface area (Å²) in [5, 5.41) is 9.93. The van der Waals surface area contributed by atoms with Crippen LogP contribution in [0.1, 0.15) is 49.8 Å². The maximum Gasteiger partial charge on any atom is 0.348 e. The van der Waals surface area contributed by atoms with Crippen molar-refractivity contribution in [1.29, 1.82) is 0 Å². The molecule has 0 saturated carbocycles. The third-order valence-corrected chi connectivity index (χ3v) is 6.07. The van der Waals surface area contributed by atoms with Crippen molar-refractivity contribution in [3.8, 4) is 0 Å². The summed E-state index contributed by atoms with van der Waals surface area (Å²) in [5.74, 6) is 0.501. The average Bonchev–Trinajstić information content (AvgIpc) is 2.92. The standard InChI is InChI=1S/C18H27N3O3S/c22-12-11-21-15-8-4-3-7-14(15)17(19-18(21)24)25-13-16(23)20-9-5-1-2-6-10-20/h22H,1-13H2. The van der Waals surface area contributed by atoms with Gasteiger partial charge in [-0.2, -0.15) is 4.98 Å². The number of aliphatic hydroxyl groups is 1. The predicted molar refractivity (Wildman–Crippen MR) is 98.0 cm³/mol. The third kappa shape index (κ3) is 4.44. The molecule has 1 amide bonds. The van der Waals surface area contributed by atoms with Crippen molar-refractivity contribution in [1.82, 2.24) is 14.5 Å². The van der Waals surface area contributed by atoms with Crippen LogP contribution in [-0.2, 0) is 24.2 Å². The van der Waals surface area contributed by atoms with Gasteiger partial charge in [-0.15, -0.1) is 0 Å². The number of thioether (sulfide) groups is 1. The molecule has 7 heteroatoms. The van der Waals surface area contributed by atoms with Crippen molar-refractivity contribution in [3.05, 3.63) is 21.7 Å². The van der Waals surface area contributed by atoms with Gasteiger partial charge in [-0.05, 0) is 38.5 Å². The summed E-state index contributed by atoms with van der Waals surface area (Å²) in [6.45, 7) is 1.94. The van der Waals surface area contributed by atoms with E-state index in [1.54, 1.807) is 4.57 Å². The van der Waals surface area contributed by atoms with Crippen molar-refractivity contribution in [2.75, 3.05) is 25.4 Å². The Morgan fingerprint density at radius 1 is 1.08 bits per heavy atom. The van der Waals surface area contributed by atoms with E-state index in [1.165, 1.54) is 24.6 Å². The number of carbonyl (C=O) groups excluding carboxylic acids is 1. The second-order valence-corrected chi connectivity index (χ2v) is 7.75. The van der Waals surface area contributed by atoms with Crippen LogP contribution in [-0.4, -0.2) is 50.9 Å². The molecule has 138 valence electrons. The molecule has 1 N–H and O–H groups in total. The molecule has 1 aliphatic carbocycles. The minimum atomic E-state index is -0.306. The van der Waals surface area contributed by atoms with Crippen LogP contribution >= 0.6 is 11.8 Å². The first-order valence-corrected chi connectivity index (χ1v) is 10.3. The number of rotatable bonds is 5. The number of nitrogens with zero attached hydrogens (tertiary/aromatic N) is 3. The van der Waals surface area contributed by atoms with Gasteiger partial charge in [0.25, 0.3) is 0 Å². The molecular weight excluding hydrogens is 338 g/mol. The summed E-state index contributed by atoms with van der Waals surface area (Å²) in [5.41, 5.74) is 1.80. The van der Waals surface area contributed by atoms with Crippen LogP contribution in [0, 0.1) is 0 Å². The van der Waals surface area contributed by atoms with Crippen LogP contribution in [0.3, 0.4) is 0 Å². The zero-order chi connectivity index (χ0) is 17.6. The SMILES string of the molecule is O=C(CSc1nc(=O)n(CCO)c2c1CCCC2)N1CCCCCC1. The summed E-state index contributed by atoms with van der Waals surface area (Å²) in [7, 11) is 0. The Bertz CT molecular complexity index is 666. The van der Waals surface area contributed by atoms with Crippen LogP contribution in [0.2, 0.25) is 0 Å². The second kappa shape index (κ2) is 8.85. The first kappa shape index (κ1) is 18.5. The zero-order valence-corrected chi connectivity index (χ0v) is 15.5. The molecule has 1 aromatic rings. The largest absolute Gasteiger partial charge is 0.395 e. The second-order valence-electron chi connectivity index (χ2n) is 6.79. The fourth-order valence-electron chi connectivity index (χ4n) is 3.74. The molecule has 1 fully saturated rings. The van der Waals surface area contributed by atoms with Crippen molar-refractivity contribution in [2.45, 2.75) is 62.9 Å². The third-order valence-electron chi connectivity index (χ3n) is 5.07. The lowest BCUT2D eigenvalue weighted by molar-refractivity contribution is -0.128. The summed E-state index contributed by atoms with van der Waals surface area (Å²) < 4.78 is 1.61. The van der Waals surface area contributed by atoms with Crippen molar-refractivity contribution < 1.29 is 9.90 Å². The fraction of sp³-hybridized carbons (Fsp3) is 0.722. The molecule has 1 saturated heterocycles. The Morgan fingerprint density at radius 2 is 1.80 bits per heavy atom. The Balaban J connectivity index is 1.75. The number of carbonyl (C=O) groups is 1. The normalized spacial score (nSPS) is 17.9. The minimum Gasteiger partial charge on any atom is -0.395 e. The molecule has 3 rings (SSSR count). The van der Waals surface area contributed by atoms with Crippen LogP contribution in [0.25, 0.3) is 0 Å². The van der Waals surface area contributed by atoms with Crippen LogP contribution < -0.4 is 5.69 Å². The van der Waals surface area contributed by atoms with Gasteiger partial charge in [0.1, 0.15) is 5.03 Å². The van der Waals surface area contributed by atoms with Gasteiger partial charge in [-0.1, -0.05) is 24.6 Å². The molecule has 0 spiro atoms. The molecule has 0 bridgehead atoms. The van der Waals surface area contributed by atoms with Gasteiger partial charge in [-0.25, -0.2) is 4.79 Å². The molecule has 25 heavy (non-hydrogen) atoms. The zero-order valence-electron chi connectivity index (χ0n) is 14.7. The van der Waals surface area contributed by atoms with Gasteiger partial charge in [0.05, 0.1) is 18.9 Å². The smallest absolute Gasteiger partial charge is 0.348 e. The van der Waals surface area contributed by atoms with E-state index < -0.39 is 0 Å². The van der Waals surface area contributed by atoms with E-state index in [0.29, 0.717) is 12.3 Å². The van der Waals surface area contributed by atoms with Gasteiger partial charge in [0.2, 0.25) is 5.91 Å². The van der Waals surface area contributed by atoms with E-state index in [-0.39, 0.29) is 18.2 Å². The number of hydrogen-bond donors (Lipinski definition) is 1. The molecule has 0 atom stereocenters. The van der Waals surface area contributed by atoms with E-state index in [1.807, 2.05) is 4.90 Å². The summed E-state index contributed by atoms with van der Waals surface area (Å²) in [6, 6.07) is 0. The number of aromatic nitrogens is 2. The maximum atomic E-state index is 12.5. The van der Waals surface area contributed by atoms with E-state index in [2.05, 4.69) is 4.98 Å². The van der Waals surface area contributed by atoms with Gasteiger partial charge >= 0.3 is 5.69 Å². The van der Waals surface area contributed by atoms with Gasteiger partial charge in [0.15, 0.2) is 0 Å². The van der Waals surface area contributed by atoms with Gasteiger partial charge in [0, 0.05) is 24.3 Å². The quantitative estimate of drug-likeness (QED) is 0.634. The molecule has 1 aromatic heterocycles. The van der Waals surface area contributed by atoms with Crippen molar-refractivity contribution in [3.63, 3.8) is 0 Å². The Morgan fingerprint density at radius 3 is 2.52 bits per heavy atom. The molecule has 0 aromatic carbocycles. The minimum absolute atomic E-state index is 0.0615. The molecule has 1 aliphatic heterocycles. The lowest BCUT2D eigenvalue weighted by Gasteiger charge is -2.23. The van der Waals surface area contributed by atoms with Gasteiger partial charge in [-0.3, -0.25) is 9.36 Å². The van der Waals surface area contributed by atoms with Crippen LogP contribution in [0.15, 0.2) is 9.82 Å². The average molecular weight is 365 g/mol. The highest BCUT2D eigenvalue weighted by molar-refractivity contribution is 7.99. The first-order chi connectivity index (χ1) is 12.2. The van der Waals surface area contributed by atoms with E-state index >= 15 is 0 Å². The number of likely N-dealkylation sites (tertiary alicyclic amines) is 1. The molecule has 2 heterocycles. The lowest BCUT2D eigenvalue weighted by Crippen LogP contribution is -2.34. The van der Waals surface area contributed by atoms with Crippen molar-refractivity contribution >= 4 is 17.7 Å². The molecule has 2 aliphatic rings. The Labute approximate surface area is 152 Å². The molecule has 0 radical (unpaired) electrons. The Hall–Kier alpha value is -1.34. The molecular formula is C18H27N3O3S. The van der Waals surface area contributed by atoms with E-state index in [0.717, 1.165) is 67.9 Å². The Kier molecular flexibility index (Phi) is 6.53. The molecule has 6 nitrogen and oxygen atoms in total. The highest BCUT2D eigenvalue weighted by Gasteiger charge is 2.22. The maximum absolute atomic E-state index is 12.5. The summed E-state index contributed by atoms with van der Waals surface area (Å²) >= 11 is 1.41. The predicted octanol–water partition coefficient (Wildman–Crippen LogP) is 1.61. The number of aliphatic hydroxyl groups excluding tert-OH is 1. The summed E-state index contributed by atoms with van der Waals surface area (Å²) in [6.07, 6.45) is 8.46. The van der Waals surface area contributed by atoms with Crippen LogP contribution in [0.5, 0.6) is 0 Å². The first-order valence-electron chi connectivity index (χ1n) is 9.34. The van der Waals surface area contributed by atoms with E-state index in [4.69, 9.17) is 0 Å². The topological polar surface area (TPSA) is 75.4 Å². The molecule has 0 unspecified atom stereocenters. The van der Waals surface area contributed by atoms with Gasteiger partial charge < -0.3 is 10.0 Å². The van der Waals surface area contributed by atoms with Crippen molar-refractivity contribution in [2.24, 2.45) is 0 Å². The number of fused-ring (bicyclic) bond motifs is 1. The highest BCUT2D eigenvalue weighted by Crippen LogP contribution is 2.28. The fourth-order valence-corrected chi connectivity index (χ4v) is 4.72.